The summed E-state index contributed by atoms with van der Waals surface area (Å²) in [5.74, 6) is -0.707. The minimum Gasteiger partial charge on any atom is -0.461 e. The molecule has 4 nitrogen and oxygen atoms in total. The molecule has 0 radical (unpaired) electrons. The maximum atomic E-state index is 12.8. The number of halogens is 2. The normalized spacial score (nSPS) is 10.7. The first-order chi connectivity index (χ1) is 8.01. The van der Waals surface area contributed by atoms with E-state index in [1.165, 1.54) is 6.07 Å². The minimum atomic E-state index is -2.76. The van der Waals surface area contributed by atoms with Gasteiger partial charge in [0.25, 0.3) is 6.43 Å². The fourth-order valence-electron chi connectivity index (χ4n) is 1.48. The first-order valence-corrected chi connectivity index (χ1v) is 5.17. The third kappa shape index (κ3) is 2.97. The first kappa shape index (κ1) is 13.5. The molecular formula is C11H14F2N2O2. The molecule has 1 rings (SSSR count). The zero-order chi connectivity index (χ0) is 13.0. The number of pyridine rings is 1. The monoisotopic (exact) mass is 244 g/mol. The standard InChI is InChI=1S/C11H14F2N2O2/c1-3-17-11(16)8-4-6(2)7(5-14)9(15-8)10(12)13/h4,10H,3,5,14H2,1-2H3. The number of hydrogen-bond acceptors (Lipinski definition) is 4. The highest BCUT2D eigenvalue weighted by Crippen LogP contribution is 2.24. The Kier molecular flexibility index (Phi) is 4.51. The molecule has 94 valence electrons. The molecular weight excluding hydrogens is 230 g/mol. The van der Waals surface area contributed by atoms with Crippen molar-refractivity contribution in [3.8, 4) is 0 Å². The second-order valence-corrected chi connectivity index (χ2v) is 3.41. The van der Waals surface area contributed by atoms with Crippen molar-refractivity contribution in [3.63, 3.8) is 0 Å². The van der Waals surface area contributed by atoms with Crippen molar-refractivity contribution in [1.29, 1.82) is 0 Å². The van der Waals surface area contributed by atoms with E-state index in [4.69, 9.17) is 10.5 Å². The van der Waals surface area contributed by atoms with Gasteiger partial charge in [0.05, 0.1) is 6.61 Å². The lowest BCUT2D eigenvalue weighted by Crippen LogP contribution is -2.13. The van der Waals surface area contributed by atoms with Crippen LogP contribution >= 0.6 is 0 Å². The molecule has 0 saturated carbocycles. The Labute approximate surface area is 97.8 Å². The Balaban J connectivity index is 3.24. The number of carbonyl (C=O) groups is 1. The van der Waals surface area contributed by atoms with Crippen molar-refractivity contribution < 1.29 is 18.3 Å². The summed E-state index contributed by atoms with van der Waals surface area (Å²) in [6.45, 7) is 3.37. The van der Waals surface area contributed by atoms with Crippen molar-refractivity contribution in [2.75, 3.05) is 6.61 Å². The summed E-state index contributed by atoms with van der Waals surface area (Å²) in [6.07, 6.45) is -2.76. The van der Waals surface area contributed by atoms with Crippen LogP contribution in [0.1, 0.15) is 40.7 Å². The second kappa shape index (κ2) is 5.67. The summed E-state index contributed by atoms with van der Waals surface area (Å²) in [4.78, 5) is 15.0. The number of aryl methyl sites for hydroxylation is 1. The Morgan fingerprint density at radius 3 is 2.71 bits per heavy atom. The molecule has 17 heavy (non-hydrogen) atoms. The molecule has 0 spiro atoms. The van der Waals surface area contributed by atoms with Crippen LogP contribution in [0.15, 0.2) is 6.07 Å². The van der Waals surface area contributed by atoms with Gasteiger partial charge >= 0.3 is 5.97 Å². The Hall–Kier alpha value is -1.56. The van der Waals surface area contributed by atoms with Gasteiger partial charge in [-0.25, -0.2) is 18.6 Å². The van der Waals surface area contributed by atoms with Crippen LogP contribution in [0.25, 0.3) is 0 Å². The molecule has 1 aromatic rings. The van der Waals surface area contributed by atoms with Crippen LogP contribution < -0.4 is 5.73 Å². The smallest absolute Gasteiger partial charge is 0.356 e. The van der Waals surface area contributed by atoms with Gasteiger partial charge in [0, 0.05) is 6.54 Å². The number of nitrogens with zero attached hydrogens (tertiary/aromatic N) is 1. The molecule has 0 unspecified atom stereocenters. The molecule has 0 aliphatic heterocycles. The molecule has 0 saturated heterocycles. The maximum absolute atomic E-state index is 12.8. The fourth-order valence-corrected chi connectivity index (χ4v) is 1.48. The van der Waals surface area contributed by atoms with E-state index in [1.54, 1.807) is 13.8 Å². The van der Waals surface area contributed by atoms with Crippen LogP contribution in [-0.4, -0.2) is 17.6 Å². The Morgan fingerprint density at radius 2 is 2.24 bits per heavy atom. The van der Waals surface area contributed by atoms with Crippen LogP contribution in [0.3, 0.4) is 0 Å². The summed E-state index contributed by atoms with van der Waals surface area (Å²) in [6, 6.07) is 1.41. The van der Waals surface area contributed by atoms with E-state index >= 15 is 0 Å². The predicted molar refractivity (Wildman–Crippen MR) is 57.8 cm³/mol. The highest BCUT2D eigenvalue weighted by atomic mass is 19.3. The van der Waals surface area contributed by atoms with Gasteiger partial charge in [-0.3, -0.25) is 0 Å². The Bertz CT molecular complexity index is 422. The van der Waals surface area contributed by atoms with E-state index < -0.39 is 18.1 Å². The predicted octanol–water partition coefficient (Wildman–Crippen LogP) is 1.96. The van der Waals surface area contributed by atoms with Gasteiger partial charge in [-0.15, -0.1) is 0 Å². The molecule has 0 aromatic carbocycles. The van der Waals surface area contributed by atoms with Gasteiger partial charge in [0.2, 0.25) is 0 Å². The zero-order valence-corrected chi connectivity index (χ0v) is 9.67. The molecule has 0 amide bonds. The molecule has 0 fully saturated rings. The quantitative estimate of drug-likeness (QED) is 0.822. The SMILES string of the molecule is CCOC(=O)c1cc(C)c(CN)c(C(F)F)n1. The molecule has 0 aliphatic carbocycles. The van der Waals surface area contributed by atoms with Crippen molar-refractivity contribution in [3.05, 3.63) is 28.6 Å². The summed E-state index contributed by atoms with van der Waals surface area (Å²) < 4.78 is 30.2. The highest BCUT2D eigenvalue weighted by Gasteiger charge is 2.20. The van der Waals surface area contributed by atoms with E-state index in [1.807, 2.05) is 0 Å². The summed E-state index contributed by atoms with van der Waals surface area (Å²) in [7, 11) is 0. The van der Waals surface area contributed by atoms with Crippen LogP contribution in [-0.2, 0) is 11.3 Å². The third-order valence-corrected chi connectivity index (χ3v) is 2.27. The van der Waals surface area contributed by atoms with Gasteiger partial charge in [-0.1, -0.05) is 0 Å². The number of aromatic nitrogens is 1. The lowest BCUT2D eigenvalue weighted by atomic mass is 10.1. The number of rotatable bonds is 4. The number of alkyl halides is 2. The molecule has 0 bridgehead atoms. The first-order valence-electron chi connectivity index (χ1n) is 5.17. The minimum absolute atomic E-state index is 0.0401. The van der Waals surface area contributed by atoms with E-state index in [0.717, 1.165) is 0 Å². The fraction of sp³-hybridized carbons (Fsp3) is 0.455. The van der Waals surface area contributed by atoms with Gasteiger partial charge in [0.1, 0.15) is 11.4 Å². The van der Waals surface area contributed by atoms with Gasteiger partial charge in [-0.05, 0) is 31.0 Å². The lowest BCUT2D eigenvalue weighted by molar-refractivity contribution is 0.0517. The molecule has 1 heterocycles. The van der Waals surface area contributed by atoms with Crippen LogP contribution in [0.4, 0.5) is 8.78 Å². The lowest BCUT2D eigenvalue weighted by Gasteiger charge is -2.11. The molecule has 6 heteroatoms. The third-order valence-electron chi connectivity index (χ3n) is 2.27. The van der Waals surface area contributed by atoms with Gasteiger partial charge in [0.15, 0.2) is 0 Å². The average molecular weight is 244 g/mol. The zero-order valence-electron chi connectivity index (χ0n) is 9.67. The van der Waals surface area contributed by atoms with E-state index in [0.29, 0.717) is 5.56 Å². The van der Waals surface area contributed by atoms with Crippen molar-refractivity contribution in [1.82, 2.24) is 4.98 Å². The number of esters is 1. The van der Waals surface area contributed by atoms with Gasteiger partial charge < -0.3 is 10.5 Å². The molecule has 0 aliphatic rings. The topological polar surface area (TPSA) is 65.2 Å². The molecule has 2 N–H and O–H groups in total. The van der Waals surface area contributed by atoms with Crippen LogP contribution in [0.2, 0.25) is 0 Å². The van der Waals surface area contributed by atoms with Crippen molar-refractivity contribution in [2.45, 2.75) is 26.8 Å². The molecule has 1 aromatic heterocycles. The highest BCUT2D eigenvalue weighted by molar-refractivity contribution is 5.87. The maximum Gasteiger partial charge on any atom is 0.356 e. The number of hydrogen-bond donors (Lipinski definition) is 1. The van der Waals surface area contributed by atoms with Crippen LogP contribution in [0, 0.1) is 6.92 Å². The van der Waals surface area contributed by atoms with E-state index in [-0.39, 0.29) is 24.4 Å². The number of ether oxygens (including phenoxy) is 1. The summed E-state index contributed by atoms with van der Waals surface area (Å²) in [5, 5.41) is 0. The Morgan fingerprint density at radius 1 is 1.59 bits per heavy atom. The summed E-state index contributed by atoms with van der Waals surface area (Å²) >= 11 is 0. The number of nitrogens with two attached hydrogens (primary N) is 1. The van der Waals surface area contributed by atoms with Crippen molar-refractivity contribution >= 4 is 5.97 Å². The number of carbonyl (C=O) groups excluding carboxylic acids is 1. The second-order valence-electron chi connectivity index (χ2n) is 3.41. The van der Waals surface area contributed by atoms with Gasteiger partial charge in [-0.2, -0.15) is 0 Å². The molecule has 0 atom stereocenters. The van der Waals surface area contributed by atoms with Crippen molar-refractivity contribution in [2.24, 2.45) is 5.73 Å². The van der Waals surface area contributed by atoms with E-state index in [2.05, 4.69) is 4.98 Å². The van der Waals surface area contributed by atoms with Crippen LogP contribution in [0.5, 0.6) is 0 Å². The largest absolute Gasteiger partial charge is 0.461 e. The average Bonchev–Trinajstić information content (AvgIpc) is 2.28. The van der Waals surface area contributed by atoms with E-state index in [9.17, 15) is 13.6 Å². The summed E-state index contributed by atoms with van der Waals surface area (Å²) in [5.41, 5.74) is 5.61.